The summed E-state index contributed by atoms with van der Waals surface area (Å²) in [5, 5.41) is 6.71. The molecule has 1 amide bonds. The first-order chi connectivity index (χ1) is 13.3. The van der Waals surface area contributed by atoms with Crippen LogP contribution in [-0.2, 0) is 0 Å². The number of rotatable bonds is 6. The van der Waals surface area contributed by atoms with Crippen LogP contribution in [0.3, 0.4) is 0 Å². The predicted molar refractivity (Wildman–Crippen MR) is 104 cm³/mol. The van der Waals surface area contributed by atoms with Crippen LogP contribution in [0.15, 0.2) is 18.2 Å². The van der Waals surface area contributed by atoms with E-state index in [2.05, 4.69) is 10.6 Å². The monoisotopic (exact) mass is 416 g/mol. The van der Waals surface area contributed by atoms with Gasteiger partial charge in [0.1, 0.15) is 5.82 Å². The third-order valence-corrected chi connectivity index (χ3v) is 6.23. The summed E-state index contributed by atoms with van der Waals surface area (Å²) in [5.41, 5.74) is 0.239. The highest BCUT2D eigenvalue weighted by Gasteiger charge is 2.34. The van der Waals surface area contributed by atoms with Crippen LogP contribution in [0.5, 0.6) is 0 Å². The van der Waals surface area contributed by atoms with E-state index < -0.39 is 11.7 Å². The van der Waals surface area contributed by atoms with Crippen LogP contribution in [0.1, 0.15) is 68.1 Å². The second kappa shape index (κ2) is 9.49. The Morgan fingerprint density at radius 2 is 1.68 bits per heavy atom. The van der Waals surface area contributed by atoms with Crippen LogP contribution in [0.4, 0.5) is 13.2 Å². The normalized spacial score (nSPS) is 25.4. The molecule has 3 nitrogen and oxygen atoms in total. The number of carbonyl (C=O) groups is 1. The second-order valence-corrected chi connectivity index (χ2v) is 8.66. The van der Waals surface area contributed by atoms with Gasteiger partial charge in [0.15, 0.2) is 0 Å². The molecule has 3 rings (SSSR count). The molecule has 0 atom stereocenters. The van der Waals surface area contributed by atoms with Crippen molar-refractivity contribution >= 4 is 17.5 Å². The summed E-state index contributed by atoms with van der Waals surface area (Å²) in [6.07, 6.45) is 5.89. The van der Waals surface area contributed by atoms with Gasteiger partial charge in [-0.2, -0.15) is 0 Å². The zero-order chi connectivity index (χ0) is 20.1. The largest absolute Gasteiger partial charge is 0.349 e. The van der Waals surface area contributed by atoms with Gasteiger partial charge < -0.3 is 10.6 Å². The van der Waals surface area contributed by atoms with Crippen LogP contribution in [-0.4, -0.2) is 30.5 Å². The molecule has 0 radical (unpaired) electrons. The highest BCUT2D eigenvalue weighted by molar-refractivity contribution is 6.31. The second-order valence-electron chi connectivity index (χ2n) is 8.22. The molecule has 28 heavy (non-hydrogen) atoms. The van der Waals surface area contributed by atoms with Gasteiger partial charge in [-0.3, -0.25) is 4.79 Å². The lowest BCUT2D eigenvalue weighted by atomic mass is 9.84. The van der Waals surface area contributed by atoms with E-state index in [0.717, 1.165) is 38.6 Å². The third-order valence-electron chi connectivity index (χ3n) is 6.01. The zero-order valence-electron chi connectivity index (χ0n) is 16.0. The number of alkyl halides is 2. The molecule has 2 fully saturated rings. The van der Waals surface area contributed by atoms with E-state index in [0.29, 0.717) is 24.8 Å². The fourth-order valence-electron chi connectivity index (χ4n) is 4.28. The predicted octanol–water partition coefficient (Wildman–Crippen LogP) is 5.33. The van der Waals surface area contributed by atoms with Crippen LogP contribution >= 0.6 is 11.6 Å². The van der Waals surface area contributed by atoms with Crippen molar-refractivity contribution in [2.75, 3.05) is 6.54 Å². The number of hydrogen-bond donors (Lipinski definition) is 2. The summed E-state index contributed by atoms with van der Waals surface area (Å²) in [5.74, 6) is -2.87. The maximum atomic E-state index is 13.4. The first kappa shape index (κ1) is 21.4. The standard InChI is InChI=1S/C21H28ClF3N2O/c22-16-11-15(12-17(23)13-16)20(28)27-19-3-1-18(2-4-19)26-10-7-14-5-8-21(24,25)9-6-14/h11-14,18-19,26H,1-10H2,(H,27,28)/t18-,19-. The van der Waals surface area contributed by atoms with Gasteiger partial charge in [-0.25, -0.2) is 13.2 Å². The Morgan fingerprint density at radius 3 is 2.32 bits per heavy atom. The minimum absolute atomic E-state index is 0.0268. The highest BCUT2D eigenvalue weighted by atomic mass is 35.5. The zero-order valence-corrected chi connectivity index (χ0v) is 16.7. The molecule has 0 unspecified atom stereocenters. The first-order valence-electron chi connectivity index (χ1n) is 10.2. The number of nitrogens with one attached hydrogen (secondary N) is 2. The lowest BCUT2D eigenvalue weighted by molar-refractivity contribution is -0.0464. The molecule has 156 valence electrons. The Labute approximate surface area is 169 Å². The van der Waals surface area contributed by atoms with Gasteiger partial charge >= 0.3 is 0 Å². The van der Waals surface area contributed by atoms with E-state index in [1.54, 1.807) is 0 Å². The van der Waals surface area contributed by atoms with Crippen molar-refractivity contribution in [3.05, 3.63) is 34.6 Å². The summed E-state index contributed by atoms with van der Waals surface area (Å²) in [4.78, 5) is 12.3. The maximum Gasteiger partial charge on any atom is 0.251 e. The molecule has 7 heteroatoms. The van der Waals surface area contributed by atoms with Crippen LogP contribution in [0, 0.1) is 11.7 Å². The summed E-state index contributed by atoms with van der Waals surface area (Å²) < 4.78 is 39.8. The third kappa shape index (κ3) is 6.38. The average molecular weight is 417 g/mol. The van der Waals surface area contributed by atoms with E-state index in [1.165, 1.54) is 18.2 Å². The lowest BCUT2D eigenvalue weighted by Gasteiger charge is -2.31. The van der Waals surface area contributed by atoms with Crippen molar-refractivity contribution in [1.29, 1.82) is 0 Å². The average Bonchev–Trinajstić information content (AvgIpc) is 2.64. The fraction of sp³-hybridized carbons (Fsp3) is 0.667. The molecule has 1 aromatic carbocycles. The van der Waals surface area contributed by atoms with E-state index in [9.17, 15) is 18.0 Å². The quantitative estimate of drug-likeness (QED) is 0.658. The molecular formula is C21H28ClF3N2O. The summed E-state index contributed by atoms with van der Waals surface area (Å²) in [6, 6.07) is 4.31. The molecule has 2 saturated carbocycles. The van der Waals surface area contributed by atoms with Gasteiger partial charge in [-0.1, -0.05) is 11.6 Å². The number of amides is 1. The van der Waals surface area contributed by atoms with Gasteiger partial charge in [0.25, 0.3) is 5.91 Å². The molecule has 2 N–H and O–H groups in total. The van der Waals surface area contributed by atoms with Gasteiger partial charge in [-0.05, 0) is 75.6 Å². The molecule has 0 spiro atoms. The molecule has 0 heterocycles. The number of carbonyl (C=O) groups excluding carboxylic acids is 1. The Kier molecular flexibility index (Phi) is 7.26. The van der Waals surface area contributed by atoms with E-state index >= 15 is 0 Å². The van der Waals surface area contributed by atoms with Crippen LogP contribution < -0.4 is 10.6 Å². The summed E-state index contributed by atoms with van der Waals surface area (Å²) in [6.45, 7) is 0.861. The highest BCUT2D eigenvalue weighted by Crippen LogP contribution is 2.37. The van der Waals surface area contributed by atoms with Crippen molar-refractivity contribution in [2.45, 2.75) is 75.8 Å². The number of halogens is 4. The van der Waals surface area contributed by atoms with Gasteiger partial charge in [0.2, 0.25) is 5.92 Å². The molecule has 0 aliphatic heterocycles. The van der Waals surface area contributed by atoms with Crippen molar-refractivity contribution < 1.29 is 18.0 Å². The number of hydrogen-bond acceptors (Lipinski definition) is 2. The van der Waals surface area contributed by atoms with Gasteiger partial charge in [0.05, 0.1) is 0 Å². The van der Waals surface area contributed by atoms with Crippen molar-refractivity contribution in [2.24, 2.45) is 5.92 Å². The molecule has 1 aromatic rings. The summed E-state index contributed by atoms with van der Waals surface area (Å²) >= 11 is 5.81. The Hall–Kier alpha value is -1.27. The first-order valence-corrected chi connectivity index (χ1v) is 10.6. The van der Waals surface area contributed by atoms with Crippen molar-refractivity contribution in [3.8, 4) is 0 Å². The molecule has 2 aliphatic rings. The Morgan fingerprint density at radius 1 is 1.04 bits per heavy atom. The minimum atomic E-state index is -2.45. The fourth-order valence-corrected chi connectivity index (χ4v) is 4.50. The van der Waals surface area contributed by atoms with Crippen LogP contribution in [0.2, 0.25) is 5.02 Å². The summed E-state index contributed by atoms with van der Waals surface area (Å²) in [7, 11) is 0. The number of benzene rings is 1. The van der Waals surface area contributed by atoms with Crippen molar-refractivity contribution in [1.82, 2.24) is 10.6 Å². The smallest absolute Gasteiger partial charge is 0.251 e. The Bertz CT molecular complexity index is 647. The molecular weight excluding hydrogens is 389 g/mol. The van der Waals surface area contributed by atoms with E-state index in [4.69, 9.17) is 11.6 Å². The molecule has 0 bridgehead atoms. The minimum Gasteiger partial charge on any atom is -0.349 e. The molecule has 0 aromatic heterocycles. The topological polar surface area (TPSA) is 41.1 Å². The van der Waals surface area contributed by atoms with E-state index in [1.807, 2.05) is 0 Å². The molecule has 0 saturated heterocycles. The van der Waals surface area contributed by atoms with E-state index in [-0.39, 0.29) is 35.4 Å². The SMILES string of the molecule is O=C(N[C@H]1CC[C@H](NCCC2CCC(F)(F)CC2)CC1)c1cc(F)cc(Cl)c1. The van der Waals surface area contributed by atoms with Crippen LogP contribution in [0.25, 0.3) is 0 Å². The molecule has 2 aliphatic carbocycles. The van der Waals surface area contributed by atoms with Gasteiger partial charge in [-0.15, -0.1) is 0 Å². The maximum absolute atomic E-state index is 13.4. The van der Waals surface area contributed by atoms with Gasteiger partial charge in [0, 0.05) is 35.5 Å². The lowest BCUT2D eigenvalue weighted by Crippen LogP contribution is -2.42. The van der Waals surface area contributed by atoms with Crippen molar-refractivity contribution in [3.63, 3.8) is 0 Å². The Balaban J connectivity index is 1.34.